The largest absolute Gasteiger partial charge is 0.465 e. The van der Waals surface area contributed by atoms with Crippen molar-refractivity contribution < 1.29 is 18.3 Å². The highest BCUT2D eigenvalue weighted by Crippen LogP contribution is 2.54. The molecule has 0 fully saturated rings. The molecule has 0 unspecified atom stereocenters. The molecule has 0 saturated heterocycles. The molecule has 0 atom stereocenters. The molecule has 1 aliphatic heterocycles. The van der Waals surface area contributed by atoms with Crippen LogP contribution in [0.5, 0.6) is 0 Å². The molecule has 160 valence electrons. The minimum absolute atomic E-state index is 0.312. The SMILES string of the molecule is COC(=O)c1ccc2c3c(ccc2c1)N(c1ccc(F)cc1)c1ccc(F)cc1C3(C)C. The molecule has 32 heavy (non-hydrogen) atoms. The first kappa shape index (κ1) is 20.2. The topological polar surface area (TPSA) is 29.5 Å². The summed E-state index contributed by atoms with van der Waals surface area (Å²) in [7, 11) is 1.36. The van der Waals surface area contributed by atoms with Gasteiger partial charge < -0.3 is 9.64 Å². The molecule has 1 aliphatic rings. The van der Waals surface area contributed by atoms with Crippen molar-refractivity contribution in [3.63, 3.8) is 0 Å². The van der Waals surface area contributed by atoms with Crippen LogP contribution in [0.2, 0.25) is 0 Å². The van der Waals surface area contributed by atoms with Crippen molar-refractivity contribution >= 4 is 33.8 Å². The summed E-state index contributed by atoms with van der Waals surface area (Å²) in [5.74, 6) is -1.03. The zero-order valence-corrected chi connectivity index (χ0v) is 17.9. The van der Waals surface area contributed by atoms with Crippen molar-refractivity contribution in [1.29, 1.82) is 0 Å². The van der Waals surface area contributed by atoms with Crippen molar-refractivity contribution in [3.05, 3.63) is 101 Å². The number of ether oxygens (including phenoxy) is 1. The Hall–Kier alpha value is -3.73. The van der Waals surface area contributed by atoms with Gasteiger partial charge in [0.2, 0.25) is 0 Å². The number of carbonyl (C=O) groups is 1. The second-order valence-corrected chi connectivity index (χ2v) is 8.49. The van der Waals surface area contributed by atoms with Crippen LogP contribution in [0, 0.1) is 11.6 Å². The number of hydrogen-bond acceptors (Lipinski definition) is 3. The monoisotopic (exact) mass is 429 g/mol. The van der Waals surface area contributed by atoms with Gasteiger partial charge in [0.05, 0.1) is 24.0 Å². The molecule has 0 N–H and O–H groups in total. The number of anilines is 3. The molecule has 0 amide bonds. The summed E-state index contributed by atoms with van der Waals surface area (Å²) in [5.41, 5.74) is 4.35. The molecular formula is C27H21F2NO2. The Morgan fingerprint density at radius 2 is 1.53 bits per heavy atom. The van der Waals surface area contributed by atoms with E-state index < -0.39 is 11.4 Å². The first-order valence-corrected chi connectivity index (χ1v) is 10.3. The predicted octanol–water partition coefficient (Wildman–Crippen LogP) is 7.01. The number of halogens is 2. The van der Waals surface area contributed by atoms with E-state index in [9.17, 15) is 13.6 Å². The van der Waals surface area contributed by atoms with Gasteiger partial charge in [-0.2, -0.15) is 0 Å². The Morgan fingerprint density at radius 1 is 0.844 bits per heavy atom. The smallest absolute Gasteiger partial charge is 0.337 e. The lowest BCUT2D eigenvalue weighted by Crippen LogP contribution is -2.31. The van der Waals surface area contributed by atoms with Gasteiger partial charge in [-0.05, 0) is 82.6 Å². The van der Waals surface area contributed by atoms with Gasteiger partial charge in [-0.1, -0.05) is 26.0 Å². The summed E-state index contributed by atoms with van der Waals surface area (Å²) in [6.07, 6.45) is 0. The Labute approximate surface area is 184 Å². The average Bonchev–Trinajstić information content (AvgIpc) is 2.79. The number of methoxy groups -OCH3 is 1. The minimum Gasteiger partial charge on any atom is -0.465 e. The maximum atomic E-state index is 14.4. The number of carbonyl (C=O) groups excluding carboxylic acids is 1. The Balaban J connectivity index is 1.84. The highest BCUT2D eigenvalue weighted by molar-refractivity contribution is 6.01. The van der Waals surface area contributed by atoms with E-state index in [1.165, 1.54) is 25.3 Å². The third-order valence-electron chi connectivity index (χ3n) is 6.24. The first-order chi connectivity index (χ1) is 15.3. The molecule has 5 heteroatoms. The molecule has 4 aromatic carbocycles. The van der Waals surface area contributed by atoms with Crippen molar-refractivity contribution in [1.82, 2.24) is 0 Å². The standard InChI is InChI=1S/C27H21F2NO2/c1-27(2)22-15-19(29)8-13-23(22)30(20-9-6-18(28)7-10-20)24-12-5-16-14-17(26(31)32-3)4-11-21(16)25(24)27/h4-15H,1-3H3. The van der Waals surface area contributed by atoms with E-state index in [0.717, 1.165) is 39.0 Å². The van der Waals surface area contributed by atoms with Gasteiger partial charge in [-0.3, -0.25) is 0 Å². The van der Waals surface area contributed by atoms with Crippen LogP contribution in [0.25, 0.3) is 10.8 Å². The Kier molecular flexibility index (Phi) is 4.52. The van der Waals surface area contributed by atoms with E-state index in [2.05, 4.69) is 13.8 Å². The quantitative estimate of drug-likeness (QED) is 0.321. The van der Waals surface area contributed by atoms with Crippen LogP contribution in [-0.4, -0.2) is 13.1 Å². The maximum absolute atomic E-state index is 14.4. The van der Waals surface area contributed by atoms with Crippen molar-refractivity contribution in [3.8, 4) is 0 Å². The summed E-state index contributed by atoms with van der Waals surface area (Å²) in [5, 5.41) is 1.85. The van der Waals surface area contributed by atoms with Gasteiger partial charge in [-0.25, -0.2) is 13.6 Å². The summed E-state index contributed by atoms with van der Waals surface area (Å²) < 4.78 is 32.9. The van der Waals surface area contributed by atoms with Crippen molar-refractivity contribution in [2.75, 3.05) is 12.0 Å². The third kappa shape index (κ3) is 2.96. The zero-order chi connectivity index (χ0) is 22.6. The van der Waals surface area contributed by atoms with Crippen LogP contribution >= 0.6 is 0 Å². The van der Waals surface area contributed by atoms with Crippen LogP contribution in [0.3, 0.4) is 0 Å². The number of nitrogens with zero attached hydrogens (tertiary/aromatic N) is 1. The van der Waals surface area contributed by atoms with E-state index in [1.807, 2.05) is 23.1 Å². The van der Waals surface area contributed by atoms with Crippen molar-refractivity contribution in [2.24, 2.45) is 0 Å². The number of benzene rings is 4. The molecule has 4 aromatic rings. The first-order valence-electron chi connectivity index (χ1n) is 10.3. The number of esters is 1. The lowest BCUT2D eigenvalue weighted by Gasteiger charge is -2.42. The summed E-state index contributed by atoms with van der Waals surface area (Å²) in [6, 6.07) is 20.5. The van der Waals surface area contributed by atoms with Gasteiger partial charge in [-0.15, -0.1) is 0 Å². The van der Waals surface area contributed by atoms with E-state index in [-0.39, 0.29) is 11.6 Å². The molecule has 0 bridgehead atoms. The highest BCUT2D eigenvalue weighted by atomic mass is 19.1. The summed E-state index contributed by atoms with van der Waals surface area (Å²) in [4.78, 5) is 14.1. The second-order valence-electron chi connectivity index (χ2n) is 8.49. The summed E-state index contributed by atoms with van der Waals surface area (Å²) >= 11 is 0. The van der Waals surface area contributed by atoms with Gasteiger partial charge in [0.25, 0.3) is 0 Å². The second kappa shape index (κ2) is 7.16. The van der Waals surface area contributed by atoms with Crippen LogP contribution in [0.4, 0.5) is 25.8 Å². The number of fused-ring (bicyclic) bond motifs is 4. The maximum Gasteiger partial charge on any atom is 0.337 e. The Bertz CT molecular complexity index is 1380. The lowest BCUT2D eigenvalue weighted by molar-refractivity contribution is 0.0601. The molecule has 0 radical (unpaired) electrons. The molecular weight excluding hydrogens is 408 g/mol. The molecule has 1 heterocycles. The minimum atomic E-state index is -0.518. The highest BCUT2D eigenvalue weighted by Gasteiger charge is 2.38. The number of hydrogen-bond donors (Lipinski definition) is 0. The normalized spacial score (nSPS) is 14.1. The number of rotatable bonds is 2. The van der Waals surface area contributed by atoms with E-state index in [4.69, 9.17) is 4.74 Å². The fourth-order valence-corrected chi connectivity index (χ4v) is 4.74. The van der Waals surface area contributed by atoms with Gasteiger partial charge >= 0.3 is 5.97 Å². The van der Waals surface area contributed by atoms with Crippen LogP contribution in [0.1, 0.15) is 35.3 Å². The van der Waals surface area contributed by atoms with Gasteiger partial charge in [0, 0.05) is 11.1 Å². The van der Waals surface area contributed by atoms with E-state index >= 15 is 0 Å². The van der Waals surface area contributed by atoms with E-state index in [0.29, 0.717) is 5.56 Å². The zero-order valence-electron chi connectivity index (χ0n) is 17.9. The van der Waals surface area contributed by atoms with Crippen LogP contribution in [-0.2, 0) is 10.2 Å². The fourth-order valence-electron chi connectivity index (χ4n) is 4.74. The molecule has 0 saturated carbocycles. The summed E-state index contributed by atoms with van der Waals surface area (Å²) in [6.45, 7) is 4.14. The third-order valence-corrected chi connectivity index (χ3v) is 6.24. The molecule has 0 aromatic heterocycles. The lowest BCUT2D eigenvalue weighted by atomic mass is 9.71. The fraction of sp³-hybridized carbons (Fsp3) is 0.148. The van der Waals surface area contributed by atoms with Crippen LogP contribution in [0.15, 0.2) is 72.8 Å². The van der Waals surface area contributed by atoms with Crippen molar-refractivity contribution in [2.45, 2.75) is 19.3 Å². The average molecular weight is 429 g/mol. The molecule has 0 aliphatic carbocycles. The van der Waals surface area contributed by atoms with Gasteiger partial charge in [0.15, 0.2) is 0 Å². The molecule has 5 rings (SSSR count). The Morgan fingerprint density at radius 3 is 2.25 bits per heavy atom. The van der Waals surface area contributed by atoms with E-state index in [1.54, 1.807) is 36.4 Å². The molecule has 3 nitrogen and oxygen atoms in total. The molecule has 0 spiro atoms. The van der Waals surface area contributed by atoms with Gasteiger partial charge in [0.1, 0.15) is 11.6 Å². The van der Waals surface area contributed by atoms with Crippen LogP contribution < -0.4 is 4.90 Å². The predicted molar refractivity (Wildman–Crippen MR) is 122 cm³/mol.